The van der Waals surface area contributed by atoms with Gasteiger partial charge >= 0.3 is 0 Å². The Morgan fingerprint density at radius 3 is 2.83 bits per heavy atom. The number of aromatic nitrogens is 1. The monoisotopic (exact) mass is 446 g/mol. The van der Waals surface area contributed by atoms with Crippen molar-refractivity contribution in [3.8, 4) is 0 Å². The third kappa shape index (κ3) is 3.47. The van der Waals surface area contributed by atoms with Crippen molar-refractivity contribution in [1.82, 2.24) is 20.3 Å². The molecule has 4 heterocycles. The number of sulfone groups is 1. The van der Waals surface area contributed by atoms with Gasteiger partial charge in [0.05, 0.1) is 33.8 Å². The highest BCUT2D eigenvalue weighted by molar-refractivity contribution is 7.91. The van der Waals surface area contributed by atoms with Crippen LogP contribution in [0.15, 0.2) is 36.0 Å². The molecule has 8 nitrogen and oxygen atoms in total. The fraction of sp³-hybridized carbons (Fsp3) is 0.450. The van der Waals surface area contributed by atoms with Gasteiger partial charge in [-0.1, -0.05) is 12.1 Å². The van der Waals surface area contributed by atoms with E-state index in [4.69, 9.17) is 4.98 Å². The molecule has 5 rings (SSSR count). The molecule has 158 valence electrons. The third-order valence-corrected chi connectivity index (χ3v) is 8.79. The highest BCUT2D eigenvalue weighted by atomic mass is 32.2. The number of hydrazine groups is 1. The number of fused-ring (bicyclic) bond motifs is 1. The van der Waals surface area contributed by atoms with Crippen LogP contribution in [0.2, 0.25) is 0 Å². The van der Waals surface area contributed by atoms with E-state index in [0.29, 0.717) is 18.7 Å². The van der Waals surface area contributed by atoms with Crippen molar-refractivity contribution in [2.75, 3.05) is 18.1 Å². The van der Waals surface area contributed by atoms with E-state index in [-0.39, 0.29) is 35.8 Å². The topological polar surface area (TPSA) is 99.7 Å². The maximum Gasteiger partial charge on any atom is 0.272 e. The van der Waals surface area contributed by atoms with Crippen molar-refractivity contribution in [1.29, 1.82) is 0 Å². The summed E-state index contributed by atoms with van der Waals surface area (Å²) in [5, 5.41) is 2.27. The number of likely N-dealkylation sites (tertiary alicyclic amines) is 1. The molecule has 0 radical (unpaired) electrons. The summed E-state index contributed by atoms with van der Waals surface area (Å²) in [4.78, 5) is 32.2. The average molecular weight is 447 g/mol. The van der Waals surface area contributed by atoms with Crippen molar-refractivity contribution >= 4 is 43.2 Å². The molecule has 0 unspecified atom stereocenters. The molecule has 30 heavy (non-hydrogen) atoms. The molecule has 2 saturated heterocycles. The zero-order chi connectivity index (χ0) is 20.9. The maximum atomic E-state index is 13.3. The summed E-state index contributed by atoms with van der Waals surface area (Å²) in [5.41, 5.74) is 4.21. The summed E-state index contributed by atoms with van der Waals surface area (Å²) in [6.07, 6.45) is 3.83. The van der Waals surface area contributed by atoms with Crippen molar-refractivity contribution in [3.63, 3.8) is 0 Å². The van der Waals surface area contributed by atoms with Gasteiger partial charge < -0.3 is 4.90 Å². The minimum absolute atomic E-state index is 0.0642. The quantitative estimate of drug-likeness (QED) is 0.771. The predicted molar refractivity (Wildman–Crippen MR) is 113 cm³/mol. The van der Waals surface area contributed by atoms with Crippen LogP contribution in [0.3, 0.4) is 0 Å². The Balaban J connectivity index is 1.36. The van der Waals surface area contributed by atoms with Crippen LogP contribution in [0.5, 0.6) is 0 Å². The summed E-state index contributed by atoms with van der Waals surface area (Å²) in [5.74, 6) is -0.374. The maximum absolute atomic E-state index is 13.3. The lowest BCUT2D eigenvalue weighted by Gasteiger charge is -2.34. The van der Waals surface area contributed by atoms with Crippen molar-refractivity contribution < 1.29 is 18.0 Å². The Kier molecular flexibility index (Phi) is 4.78. The number of nitrogens with zero attached hydrogens (tertiary/aromatic N) is 3. The van der Waals surface area contributed by atoms with Crippen LogP contribution in [0.25, 0.3) is 10.2 Å². The van der Waals surface area contributed by atoms with Crippen LogP contribution in [0, 0.1) is 0 Å². The highest BCUT2D eigenvalue weighted by Crippen LogP contribution is 2.37. The van der Waals surface area contributed by atoms with Crippen molar-refractivity contribution in [2.24, 2.45) is 0 Å². The molecule has 0 bridgehead atoms. The number of carbonyl (C=O) groups excluding carboxylic acids is 2. The smallest absolute Gasteiger partial charge is 0.272 e. The SMILES string of the molecule is O=C(C1=CCC(=O)N([C@@H]2CCS(=O)(=O)C2)N1)N1CCC[C@H]1c1nc2ccccc2s1. The second-order valence-electron chi connectivity index (χ2n) is 7.93. The van der Waals surface area contributed by atoms with E-state index in [9.17, 15) is 18.0 Å². The number of hydrogen-bond donors (Lipinski definition) is 1. The van der Waals surface area contributed by atoms with Gasteiger partial charge in [0, 0.05) is 13.0 Å². The lowest BCUT2D eigenvalue weighted by molar-refractivity contribution is -0.138. The van der Waals surface area contributed by atoms with Gasteiger partial charge in [-0.15, -0.1) is 11.3 Å². The number of amides is 2. The first kappa shape index (κ1) is 19.5. The summed E-state index contributed by atoms with van der Waals surface area (Å²) in [6.45, 7) is 0.629. The predicted octanol–water partition coefficient (Wildman–Crippen LogP) is 1.77. The lowest BCUT2D eigenvalue weighted by Crippen LogP contribution is -2.54. The molecule has 3 aliphatic rings. The van der Waals surface area contributed by atoms with E-state index < -0.39 is 15.9 Å². The molecule has 0 saturated carbocycles. The average Bonchev–Trinajstić information content (AvgIpc) is 3.44. The van der Waals surface area contributed by atoms with Gasteiger partial charge in [-0.3, -0.25) is 20.0 Å². The van der Waals surface area contributed by atoms with Crippen LogP contribution < -0.4 is 5.43 Å². The van der Waals surface area contributed by atoms with Gasteiger partial charge in [0.25, 0.3) is 5.91 Å². The first-order valence-corrected chi connectivity index (χ1v) is 12.7. The largest absolute Gasteiger partial charge is 0.328 e. The second-order valence-corrected chi connectivity index (χ2v) is 11.2. The number of para-hydroxylation sites is 1. The van der Waals surface area contributed by atoms with E-state index in [1.54, 1.807) is 17.4 Å². The Labute approximate surface area is 178 Å². The minimum Gasteiger partial charge on any atom is -0.328 e. The highest BCUT2D eigenvalue weighted by Gasteiger charge is 2.39. The molecular formula is C20H22N4O4S2. The Morgan fingerprint density at radius 1 is 1.23 bits per heavy atom. The number of hydrogen-bond acceptors (Lipinski definition) is 7. The molecule has 2 aromatic rings. The van der Waals surface area contributed by atoms with Crippen LogP contribution in [0.4, 0.5) is 0 Å². The Hall–Kier alpha value is -2.46. The Morgan fingerprint density at radius 2 is 2.07 bits per heavy atom. The standard InChI is InChI=1S/C20H22N4O4S2/c25-18-8-7-15(22-24(18)13-9-11-30(27,28)12-13)20(26)23-10-3-5-16(23)19-21-14-4-1-2-6-17(14)29-19/h1-2,4,6-7,13,16,22H,3,5,8-12H2/t13-,16+/m1/s1. The molecule has 2 atom stereocenters. The Bertz CT molecular complexity index is 1120. The first-order valence-electron chi connectivity index (χ1n) is 10.1. The number of nitrogens with one attached hydrogen (secondary N) is 1. The van der Waals surface area contributed by atoms with Crippen molar-refractivity contribution in [2.45, 2.75) is 37.8 Å². The number of rotatable bonds is 3. The molecule has 1 aromatic carbocycles. The molecule has 1 N–H and O–H groups in total. The summed E-state index contributed by atoms with van der Waals surface area (Å²) >= 11 is 1.61. The molecule has 0 spiro atoms. The van der Waals surface area contributed by atoms with E-state index in [1.165, 1.54) is 5.01 Å². The van der Waals surface area contributed by atoms with E-state index in [0.717, 1.165) is 28.1 Å². The first-order chi connectivity index (χ1) is 14.4. The lowest BCUT2D eigenvalue weighted by atomic mass is 10.1. The molecule has 1 aromatic heterocycles. The minimum atomic E-state index is -3.13. The summed E-state index contributed by atoms with van der Waals surface area (Å²) in [6, 6.07) is 7.42. The van der Waals surface area contributed by atoms with E-state index in [1.807, 2.05) is 29.2 Å². The van der Waals surface area contributed by atoms with Gasteiger partial charge in [-0.2, -0.15) is 0 Å². The van der Waals surface area contributed by atoms with E-state index in [2.05, 4.69) is 5.43 Å². The van der Waals surface area contributed by atoms with Gasteiger partial charge in [0.1, 0.15) is 10.7 Å². The fourth-order valence-electron chi connectivity index (χ4n) is 4.39. The molecule has 10 heteroatoms. The van der Waals surface area contributed by atoms with Gasteiger partial charge in [0.15, 0.2) is 9.84 Å². The van der Waals surface area contributed by atoms with Crippen LogP contribution >= 0.6 is 11.3 Å². The van der Waals surface area contributed by atoms with Gasteiger partial charge in [0.2, 0.25) is 5.91 Å². The van der Waals surface area contributed by atoms with Gasteiger partial charge in [-0.05, 0) is 37.5 Å². The molecular weight excluding hydrogens is 424 g/mol. The molecule has 2 fully saturated rings. The van der Waals surface area contributed by atoms with Crippen LogP contribution in [0.1, 0.15) is 36.7 Å². The number of carbonyl (C=O) groups is 2. The molecule has 2 amide bonds. The van der Waals surface area contributed by atoms with Crippen LogP contribution in [-0.2, 0) is 19.4 Å². The zero-order valence-corrected chi connectivity index (χ0v) is 17.9. The summed E-state index contributed by atoms with van der Waals surface area (Å²) in [7, 11) is -3.13. The molecule has 3 aliphatic heterocycles. The van der Waals surface area contributed by atoms with E-state index >= 15 is 0 Å². The van der Waals surface area contributed by atoms with Crippen molar-refractivity contribution in [3.05, 3.63) is 41.0 Å². The second kappa shape index (κ2) is 7.35. The fourth-order valence-corrected chi connectivity index (χ4v) is 7.20. The number of thiazole rings is 1. The normalized spacial score (nSPS) is 26.1. The zero-order valence-electron chi connectivity index (χ0n) is 16.3. The number of benzene rings is 1. The third-order valence-electron chi connectivity index (χ3n) is 5.90. The molecule has 0 aliphatic carbocycles. The summed E-state index contributed by atoms with van der Waals surface area (Å²) < 4.78 is 24.8. The van der Waals surface area contributed by atoms with Gasteiger partial charge in [-0.25, -0.2) is 13.4 Å². The van der Waals surface area contributed by atoms with Crippen LogP contribution in [-0.4, -0.2) is 59.2 Å².